The van der Waals surface area contributed by atoms with Crippen molar-refractivity contribution in [1.29, 1.82) is 5.26 Å². The molecule has 5 heteroatoms. The Hall–Kier alpha value is -8.04. The van der Waals surface area contributed by atoms with Crippen LogP contribution in [0.25, 0.3) is 110 Å². The third-order valence-electron chi connectivity index (χ3n) is 11.7. The number of fused-ring (bicyclic) bond motifs is 4. The van der Waals surface area contributed by atoms with Crippen LogP contribution in [-0.4, -0.2) is 15.0 Å². The van der Waals surface area contributed by atoms with Gasteiger partial charge in [0.15, 0.2) is 17.5 Å². The zero-order chi connectivity index (χ0) is 41.6. The number of nitrogens with zero attached hydrogens (tertiary/aromatic N) is 4. The quantitative estimate of drug-likeness (QED) is 0.161. The number of benzene rings is 9. The Morgan fingerprint density at radius 2 is 0.903 bits per heavy atom. The highest BCUT2D eigenvalue weighted by atomic mass is 32.1. The van der Waals surface area contributed by atoms with Crippen molar-refractivity contribution in [2.24, 2.45) is 0 Å². The van der Waals surface area contributed by atoms with Crippen LogP contribution < -0.4 is 0 Å². The molecule has 11 aromatic rings. The Kier molecular flexibility index (Phi) is 9.27. The van der Waals surface area contributed by atoms with Crippen LogP contribution in [0.5, 0.6) is 0 Å². The van der Waals surface area contributed by atoms with Gasteiger partial charge in [0, 0.05) is 36.9 Å². The second kappa shape index (κ2) is 15.5. The highest BCUT2D eigenvalue weighted by Crippen LogP contribution is 2.42. The van der Waals surface area contributed by atoms with Gasteiger partial charge in [-0.25, -0.2) is 15.0 Å². The molecule has 0 radical (unpaired) electrons. The van der Waals surface area contributed by atoms with Crippen molar-refractivity contribution in [2.75, 3.05) is 0 Å². The average Bonchev–Trinajstić information content (AvgIpc) is 3.73. The van der Waals surface area contributed by atoms with Crippen LogP contribution in [0, 0.1) is 18.3 Å². The largest absolute Gasteiger partial charge is 0.208 e. The van der Waals surface area contributed by atoms with Gasteiger partial charge in [0.1, 0.15) is 0 Å². The Labute approximate surface area is 363 Å². The Balaban J connectivity index is 0.938. The molecule has 0 fully saturated rings. The highest BCUT2D eigenvalue weighted by molar-refractivity contribution is 7.26. The Bertz CT molecular complexity index is 3510. The zero-order valence-corrected chi connectivity index (χ0v) is 34.6. The molecule has 4 nitrogen and oxygen atoms in total. The van der Waals surface area contributed by atoms with Crippen LogP contribution >= 0.6 is 11.3 Å². The lowest BCUT2D eigenvalue weighted by atomic mass is 9.91. The second-order valence-electron chi connectivity index (χ2n) is 15.6. The Morgan fingerprint density at radius 3 is 1.56 bits per heavy atom. The fourth-order valence-electron chi connectivity index (χ4n) is 8.48. The van der Waals surface area contributed by atoms with E-state index in [1.54, 1.807) is 0 Å². The van der Waals surface area contributed by atoms with Gasteiger partial charge in [-0.2, -0.15) is 5.26 Å². The number of rotatable bonds is 7. The second-order valence-corrected chi connectivity index (χ2v) is 16.7. The summed E-state index contributed by atoms with van der Waals surface area (Å²) in [5.41, 5.74) is 13.4. The summed E-state index contributed by atoms with van der Waals surface area (Å²) < 4.78 is 2.50. The molecular weight excluding hydrogens is 773 g/mol. The van der Waals surface area contributed by atoms with Gasteiger partial charge in [-0.05, 0) is 104 Å². The first-order chi connectivity index (χ1) is 30.5. The SMILES string of the molecule is Cc1cc2ccc(-c3ccc(-c4nc(-c5ccccc5)nc(-c5ccc(-c6ccccc6)cc5)n4)cc3)cc2cc1-c1cc(C#N)cc(-c2cccc3c2sc2ccccc23)c1. The van der Waals surface area contributed by atoms with E-state index in [0.29, 0.717) is 23.0 Å². The van der Waals surface area contributed by atoms with E-state index < -0.39 is 0 Å². The number of hydrogen-bond donors (Lipinski definition) is 0. The lowest BCUT2D eigenvalue weighted by molar-refractivity contribution is 1.07. The summed E-state index contributed by atoms with van der Waals surface area (Å²) in [7, 11) is 0. The molecule has 11 rings (SSSR count). The smallest absolute Gasteiger partial charge is 0.164 e. The maximum absolute atomic E-state index is 10.2. The molecular formula is C57H36N4S. The zero-order valence-electron chi connectivity index (χ0n) is 33.7. The van der Waals surface area contributed by atoms with Gasteiger partial charge in [0.05, 0.1) is 11.6 Å². The molecule has 0 bridgehead atoms. The van der Waals surface area contributed by atoms with E-state index in [1.165, 1.54) is 31.1 Å². The van der Waals surface area contributed by atoms with Crippen molar-refractivity contribution in [3.63, 3.8) is 0 Å². The molecule has 0 N–H and O–H groups in total. The fourth-order valence-corrected chi connectivity index (χ4v) is 9.72. The van der Waals surface area contributed by atoms with Gasteiger partial charge in [-0.3, -0.25) is 0 Å². The lowest BCUT2D eigenvalue weighted by Gasteiger charge is -2.13. The van der Waals surface area contributed by atoms with Crippen LogP contribution in [-0.2, 0) is 0 Å². The van der Waals surface area contributed by atoms with Crippen molar-refractivity contribution in [3.8, 4) is 84.7 Å². The van der Waals surface area contributed by atoms with Crippen LogP contribution in [0.15, 0.2) is 200 Å². The number of aromatic nitrogens is 3. The molecule has 0 aliphatic heterocycles. The van der Waals surface area contributed by atoms with Crippen LogP contribution in [0.1, 0.15) is 11.1 Å². The van der Waals surface area contributed by atoms with Crippen molar-refractivity contribution < 1.29 is 0 Å². The number of hydrogen-bond acceptors (Lipinski definition) is 5. The first kappa shape index (κ1) is 37.0. The number of nitriles is 1. The molecule has 62 heavy (non-hydrogen) atoms. The first-order valence-corrected chi connectivity index (χ1v) is 21.5. The van der Waals surface area contributed by atoms with Gasteiger partial charge < -0.3 is 0 Å². The standard InChI is InChI=1S/C57H36N4S/c1-36-29-44-27-28-45(32-46(44)34-52(36)48-31-37(35-58)30-47(33-48)49-16-10-17-51-50-15-8-9-18-53(50)62-54(49)51)40-21-25-43(26-22-40)57-60-55(41-13-6-3-7-14-41)59-56(61-57)42-23-19-39(20-24-42)38-11-4-2-5-12-38/h2-34H,1H3. The van der Waals surface area contributed by atoms with Gasteiger partial charge in [0.2, 0.25) is 0 Å². The van der Waals surface area contributed by atoms with Crippen LogP contribution in [0.4, 0.5) is 0 Å². The van der Waals surface area contributed by atoms with Crippen molar-refractivity contribution in [2.45, 2.75) is 6.92 Å². The minimum Gasteiger partial charge on any atom is -0.208 e. The number of aryl methyl sites for hydroxylation is 1. The Morgan fingerprint density at radius 1 is 0.387 bits per heavy atom. The van der Waals surface area contributed by atoms with E-state index >= 15 is 0 Å². The molecule has 0 aliphatic rings. The summed E-state index contributed by atoms with van der Waals surface area (Å²) in [5.74, 6) is 1.88. The summed E-state index contributed by atoms with van der Waals surface area (Å²) in [6.45, 7) is 2.16. The van der Waals surface area contributed by atoms with Gasteiger partial charge in [0.25, 0.3) is 0 Å². The van der Waals surface area contributed by atoms with Gasteiger partial charge in [-0.15, -0.1) is 11.3 Å². The summed E-state index contributed by atoms with van der Waals surface area (Å²) in [6, 6.07) is 72.3. The van der Waals surface area contributed by atoms with E-state index in [1.807, 2.05) is 59.9 Å². The molecule has 9 aromatic carbocycles. The normalized spacial score (nSPS) is 11.3. The van der Waals surface area contributed by atoms with Crippen LogP contribution in [0.3, 0.4) is 0 Å². The number of thiophene rings is 1. The molecule has 0 amide bonds. The molecule has 0 unspecified atom stereocenters. The summed E-state index contributed by atoms with van der Waals surface area (Å²) in [4.78, 5) is 14.9. The molecule has 0 aliphatic carbocycles. The van der Waals surface area contributed by atoms with E-state index in [4.69, 9.17) is 15.0 Å². The van der Waals surface area contributed by atoms with E-state index in [0.717, 1.165) is 66.6 Å². The average molecular weight is 809 g/mol. The predicted octanol–water partition coefficient (Wildman–Crippen LogP) is 15.2. The van der Waals surface area contributed by atoms with Crippen molar-refractivity contribution in [1.82, 2.24) is 15.0 Å². The first-order valence-electron chi connectivity index (χ1n) is 20.6. The van der Waals surface area contributed by atoms with E-state index in [2.05, 4.69) is 165 Å². The molecule has 0 saturated carbocycles. The van der Waals surface area contributed by atoms with Crippen molar-refractivity contribution >= 4 is 42.3 Å². The molecule has 0 atom stereocenters. The van der Waals surface area contributed by atoms with Gasteiger partial charge >= 0.3 is 0 Å². The predicted molar refractivity (Wildman–Crippen MR) is 258 cm³/mol. The molecule has 2 aromatic heterocycles. The summed E-state index contributed by atoms with van der Waals surface area (Å²) in [5, 5.41) is 15.0. The monoisotopic (exact) mass is 808 g/mol. The minimum absolute atomic E-state index is 0.619. The van der Waals surface area contributed by atoms with Crippen LogP contribution in [0.2, 0.25) is 0 Å². The molecule has 290 valence electrons. The fraction of sp³-hybridized carbons (Fsp3) is 0.0175. The molecule has 2 heterocycles. The lowest BCUT2D eigenvalue weighted by Crippen LogP contribution is -2.00. The third-order valence-corrected chi connectivity index (χ3v) is 12.9. The van der Waals surface area contributed by atoms with Gasteiger partial charge in [-0.1, -0.05) is 164 Å². The maximum atomic E-state index is 10.2. The minimum atomic E-state index is 0.619. The topological polar surface area (TPSA) is 62.5 Å². The summed E-state index contributed by atoms with van der Waals surface area (Å²) >= 11 is 1.81. The molecule has 0 spiro atoms. The van der Waals surface area contributed by atoms with Crippen molar-refractivity contribution in [3.05, 3.63) is 211 Å². The highest BCUT2D eigenvalue weighted by Gasteiger charge is 2.16. The maximum Gasteiger partial charge on any atom is 0.164 e. The summed E-state index contributed by atoms with van der Waals surface area (Å²) in [6.07, 6.45) is 0. The van der Waals surface area contributed by atoms with E-state index in [-0.39, 0.29) is 0 Å². The van der Waals surface area contributed by atoms with E-state index in [9.17, 15) is 5.26 Å². The third kappa shape index (κ3) is 6.89. The molecule has 0 saturated heterocycles.